The Morgan fingerprint density at radius 3 is 3.05 bits per heavy atom. The zero-order valence-corrected chi connectivity index (χ0v) is 12.8. The van der Waals surface area contributed by atoms with Gasteiger partial charge in [-0.3, -0.25) is 4.40 Å². The van der Waals surface area contributed by atoms with Crippen molar-refractivity contribution in [2.45, 2.75) is 6.61 Å². The molecule has 4 nitrogen and oxygen atoms in total. The molecular weight excluding hydrogens is 350 g/mol. The fraction of sp³-hybridized carbons (Fsp3) is 0.0833. The number of fused-ring (bicyclic) bond motifs is 1. The van der Waals surface area contributed by atoms with Crippen LogP contribution in [0.25, 0.3) is 4.96 Å². The van der Waals surface area contributed by atoms with Crippen LogP contribution in [0.15, 0.2) is 34.4 Å². The Morgan fingerprint density at radius 1 is 1.47 bits per heavy atom. The first kappa shape index (κ1) is 12.8. The molecule has 19 heavy (non-hydrogen) atoms. The van der Waals surface area contributed by atoms with E-state index in [4.69, 9.17) is 22.1 Å². The first-order valence-corrected chi connectivity index (χ1v) is 7.47. The molecule has 0 aliphatic rings. The Kier molecular flexibility index (Phi) is 3.38. The summed E-state index contributed by atoms with van der Waals surface area (Å²) in [6.07, 6.45) is 3.90. The quantitative estimate of drug-likeness (QED) is 0.721. The molecule has 0 amide bonds. The largest absolute Gasteiger partial charge is 0.484 e. The highest BCUT2D eigenvalue weighted by atomic mass is 79.9. The second-order valence-corrected chi connectivity index (χ2v) is 6.08. The number of imidazole rings is 1. The average Bonchev–Trinajstić information content (AvgIpc) is 2.87. The summed E-state index contributed by atoms with van der Waals surface area (Å²) in [4.78, 5) is 5.39. The van der Waals surface area contributed by atoms with Gasteiger partial charge in [0.05, 0.1) is 15.9 Å². The highest BCUT2D eigenvalue weighted by molar-refractivity contribution is 9.10. The normalized spacial score (nSPS) is 11.1. The Bertz CT molecular complexity index is 688. The maximum Gasteiger partial charge on any atom is 0.193 e. The summed E-state index contributed by atoms with van der Waals surface area (Å²) in [5.74, 6) is 0.584. The number of nitrogen functional groups attached to an aromatic ring is 1. The van der Waals surface area contributed by atoms with Crippen LogP contribution in [0.2, 0.25) is 5.02 Å². The first-order chi connectivity index (χ1) is 9.13. The SMILES string of the molecule is Nc1cc(Cl)cc(Br)c1OCc1cn2ccsc2n1. The molecule has 0 saturated carbocycles. The third-order valence-electron chi connectivity index (χ3n) is 2.54. The molecular formula is C12H9BrClN3OS. The summed E-state index contributed by atoms with van der Waals surface area (Å²) in [7, 11) is 0. The molecule has 3 aromatic rings. The molecule has 0 saturated heterocycles. The third-order valence-corrected chi connectivity index (χ3v) is 4.12. The number of aromatic nitrogens is 2. The number of ether oxygens (including phenoxy) is 1. The lowest BCUT2D eigenvalue weighted by Crippen LogP contribution is -2.00. The fourth-order valence-electron chi connectivity index (χ4n) is 1.72. The van der Waals surface area contributed by atoms with Gasteiger partial charge in [0.25, 0.3) is 0 Å². The van der Waals surface area contributed by atoms with E-state index in [0.29, 0.717) is 23.1 Å². The number of nitrogens with zero attached hydrogens (tertiary/aromatic N) is 2. The van der Waals surface area contributed by atoms with Crippen molar-refractivity contribution in [3.05, 3.63) is 45.1 Å². The van der Waals surface area contributed by atoms with Crippen molar-refractivity contribution in [1.29, 1.82) is 0 Å². The minimum absolute atomic E-state index is 0.360. The lowest BCUT2D eigenvalue weighted by molar-refractivity contribution is 0.302. The second-order valence-electron chi connectivity index (χ2n) is 3.92. The number of benzene rings is 1. The van der Waals surface area contributed by atoms with Gasteiger partial charge in [-0.15, -0.1) is 11.3 Å². The van der Waals surface area contributed by atoms with Crippen molar-refractivity contribution >= 4 is 49.5 Å². The van der Waals surface area contributed by atoms with Crippen LogP contribution in [-0.4, -0.2) is 9.38 Å². The van der Waals surface area contributed by atoms with Gasteiger partial charge in [0, 0.05) is 22.8 Å². The van der Waals surface area contributed by atoms with E-state index < -0.39 is 0 Å². The molecule has 0 bridgehead atoms. The van der Waals surface area contributed by atoms with Gasteiger partial charge >= 0.3 is 0 Å². The van der Waals surface area contributed by atoms with E-state index in [0.717, 1.165) is 15.1 Å². The summed E-state index contributed by atoms with van der Waals surface area (Å²) in [6, 6.07) is 3.41. The number of nitrogens with two attached hydrogens (primary N) is 1. The summed E-state index contributed by atoms with van der Waals surface area (Å²) in [6.45, 7) is 0.360. The monoisotopic (exact) mass is 357 g/mol. The van der Waals surface area contributed by atoms with Crippen molar-refractivity contribution in [2.75, 3.05) is 5.73 Å². The van der Waals surface area contributed by atoms with Gasteiger partial charge in [-0.1, -0.05) is 11.6 Å². The van der Waals surface area contributed by atoms with Crippen molar-refractivity contribution in [3.8, 4) is 5.75 Å². The number of halogens is 2. The van der Waals surface area contributed by atoms with E-state index in [1.54, 1.807) is 23.5 Å². The Balaban J connectivity index is 1.81. The molecule has 0 fully saturated rings. The number of anilines is 1. The Hall–Kier alpha value is -1.24. The van der Waals surface area contributed by atoms with Gasteiger partial charge in [0.2, 0.25) is 0 Å². The standard InChI is InChI=1S/C12H9BrClN3OS/c13-9-3-7(14)4-10(15)11(9)18-6-8-5-17-1-2-19-12(17)16-8/h1-5H,6,15H2. The van der Waals surface area contributed by atoms with E-state index in [9.17, 15) is 0 Å². The number of hydrogen-bond acceptors (Lipinski definition) is 4. The maximum absolute atomic E-state index is 5.90. The summed E-state index contributed by atoms with van der Waals surface area (Å²) in [5.41, 5.74) is 7.23. The topological polar surface area (TPSA) is 52.5 Å². The van der Waals surface area contributed by atoms with Gasteiger partial charge in [-0.25, -0.2) is 4.98 Å². The lowest BCUT2D eigenvalue weighted by Gasteiger charge is -2.10. The van der Waals surface area contributed by atoms with Crippen LogP contribution in [0.4, 0.5) is 5.69 Å². The predicted molar refractivity (Wildman–Crippen MR) is 81.0 cm³/mol. The summed E-state index contributed by atoms with van der Waals surface area (Å²) in [5, 5.41) is 2.56. The predicted octanol–water partition coefficient (Wildman–Crippen LogP) is 3.97. The molecule has 2 heterocycles. The zero-order valence-electron chi connectivity index (χ0n) is 9.64. The van der Waals surface area contributed by atoms with Crippen LogP contribution in [0, 0.1) is 0 Å². The van der Waals surface area contributed by atoms with Gasteiger partial charge in [0.15, 0.2) is 10.7 Å². The number of rotatable bonds is 3. The van der Waals surface area contributed by atoms with Crippen LogP contribution in [0.1, 0.15) is 5.69 Å². The second kappa shape index (κ2) is 5.03. The van der Waals surface area contributed by atoms with E-state index in [-0.39, 0.29) is 0 Å². The van der Waals surface area contributed by atoms with Gasteiger partial charge in [-0.05, 0) is 28.1 Å². The highest BCUT2D eigenvalue weighted by Gasteiger charge is 2.09. The lowest BCUT2D eigenvalue weighted by atomic mass is 10.3. The van der Waals surface area contributed by atoms with Crippen molar-refractivity contribution in [1.82, 2.24) is 9.38 Å². The molecule has 2 N–H and O–H groups in total. The average molecular weight is 359 g/mol. The van der Waals surface area contributed by atoms with Gasteiger partial charge < -0.3 is 10.5 Å². The van der Waals surface area contributed by atoms with E-state index in [1.165, 1.54) is 0 Å². The van der Waals surface area contributed by atoms with Crippen molar-refractivity contribution in [2.24, 2.45) is 0 Å². The van der Waals surface area contributed by atoms with E-state index in [2.05, 4.69) is 20.9 Å². The Morgan fingerprint density at radius 2 is 2.32 bits per heavy atom. The highest BCUT2D eigenvalue weighted by Crippen LogP contribution is 2.35. The molecule has 0 aliphatic heterocycles. The van der Waals surface area contributed by atoms with Crippen molar-refractivity contribution < 1.29 is 4.74 Å². The van der Waals surface area contributed by atoms with Crippen LogP contribution in [-0.2, 0) is 6.61 Å². The molecule has 0 aliphatic carbocycles. The molecule has 2 aromatic heterocycles. The number of thiazole rings is 1. The van der Waals surface area contributed by atoms with Crippen LogP contribution >= 0.6 is 38.9 Å². The summed E-state index contributed by atoms with van der Waals surface area (Å²) < 4.78 is 8.40. The fourth-order valence-corrected chi connectivity index (χ4v) is 3.39. The molecule has 3 rings (SSSR count). The first-order valence-electron chi connectivity index (χ1n) is 5.42. The molecule has 0 radical (unpaired) electrons. The minimum Gasteiger partial charge on any atom is -0.484 e. The summed E-state index contributed by atoms with van der Waals surface area (Å²) >= 11 is 10.9. The molecule has 0 atom stereocenters. The van der Waals surface area contributed by atoms with E-state index >= 15 is 0 Å². The van der Waals surface area contributed by atoms with E-state index in [1.807, 2.05) is 22.2 Å². The molecule has 0 spiro atoms. The van der Waals surface area contributed by atoms with Gasteiger partial charge in [0.1, 0.15) is 6.61 Å². The van der Waals surface area contributed by atoms with Crippen LogP contribution in [0.5, 0.6) is 5.75 Å². The van der Waals surface area contributed by atoms with Crippen molar-refractivity contribution in [3.63, 3.8) is 0 Å². The smallest absolute Gasteiger partial charge is 0.193 e. The third kappa shape index (κ3) is 2.56. The molecule has 7 heteroatoms. The van der Waals surface area contributed by atoms with Gasteiger partial charge in [-0.2, -0.15) is 0 Å². The Labute approximate surface area is 126 Å². The number of hydrogen-bond donors (Lipinski definition) is 1. The van der Waals surface area contributed by atoms with Crippen LogP contribution < -0.4 is 10.5 Å². The maximum atomic E-state index is 5.90. The molecule has 98 valence electrons. The molecule has 0 unspecified atom stereocenters. The zero-order chi connectivity index (χ0) is 13.4. The van der Waals surface area contributed by atoms with Crippen LogP contribution in [0.3, 0.4) is 0 Å². The molecule has 1 aromatic carbocycles. The minimum atomic E-state index is 0.360.